The Kier molecular flexibility index (Phi) is 4.75. The second-order valence-electron chi connectivity index (χ2n) is 3.24. The second-order valence-corrected chi connectivity index (χ2v) is 3.24. The molecule has 0 spiro atoms. The summed E-state index contributed by atoms with van der Waals surface area (Å²) in [4.78, 5) is 0. The highest BCUT2D eigenvalue weighted by Gasteiger charge is 2.02. The van der Waals surface area contributed by atoms with Crippen molar-refractivity contribution >= 4 is 0 Å². The van der Waals surface area contributed by atoms with E-state index in [1.165, 1.54) is 12.1 Å². The molecule has 15 heavy (non-hydrogen) atoms. The van der Waals surface area contributed by atoms with Crippen LogP contribution < -0.4 is 11.1 Å². The lowest BCUT2D eigenvalue weighted by molar-refractivity contribution is 0.583. The van der Waals surface area contributed by atoms with Crippen LogP contribution in [0.4, 0.5) is 4.39 Å². The van der Waals surface area contributed by atoms with E-state index in [0.717, 1.165) is 13.0 Å². The van der Waals surface area contributed by atoms with Crippen LogP contribution in [0.1, 0.15) is 17.5 Å². The third kappa shape index (κ3) is 3.66. The Morgan fingerprint density at radius 3 is 2.93 bits per heavy atom. The van der Waals surface area contributed by atoms with E-state index in [2.05, 4.69) is 5.32 Å². The highest BCUT2D eigenvalue weighted by molar-refractivity contribution is 5.33. The highest BCUT2D eigenvalue weighted by atomic mass is 19.1. The lowest BCUT2D eigenvalue weighted by Gasteiger charge is -2.05. The van der Waals surface area contributed by atoms with Crippen LogP contribution in [0.5, 0.6) is 0 Å². The van der Waals surface area contributed by atoms with E-state index in [9.17, 15) is 4.39 Å². The van der Waals surface area contributed by atoms with Crippen molar-refractivity contribution in [2.75, 3.05) is 13.1 Å². The lowest BCUT2D eigenvalue weighted by Crippen LogP contribution is -2.18. The van der Waals surface area contributed by atoms with Gasteiger partial charge in [-0.05, 0) is 37.7 Å². The topological polar surface area (TPSA) is 61.8 Å². The number of hydrogen-bond acceptors (Lipinski definition) is 3. The van der Waals surface area contributed by atoms with Crippen molar-refractivity contribution in [2.24, 2.45) is 5.73 Å². The Bertz CT molecular complexity index is 357. The Morgan fingerprint density at radius 1 is 1.47 bits per heavy atom. The molecule has 0 unspecified atom stereocenters. The standard InChI is InChI=1S/C11H14FN3/c12-11-3-2-9(7-14)6-10(11)8-15-5-1-4-13/h2-3,6,15H,1,4-5,8,13H2. The predicted molar refractivity (Wildman–Crippen MR) is 56.5 cm³/mol. The van der Waals surface area contributed by atoms with Crippen molar-refractivity contribution < 1.29 is 4.39 Å². The molecule has 80 valence electrons. The molecule has 3 nitrogen and oxygen atoms in total. The third-order valence-electron chi connectivity index (χ3n) is 2.05. The normalized spacial score (nSPS) is 9.93. The minimum Gasteiger partial charge on any atom is -0.330 e. The molecule has 0 fully saturated rings. The molecule has 0 heterocycles. The number of rotatable bonds is 5. The van der Waals surface area contributed by atoms with Crippen LogP contribution in [-0.4, -0.2) is 13.1 Å². The molecular weight excluding hydrogens is 193 g/mol. The first-order valence-corrected chi connectivity index (χ1v) is 4.87. The number of halogens is 1. The summed E-state index contributed by atoms with van der Waals surface area (Å²) in [6.07, 6.45) is 0.861. The number of nitrogens with one attached hydrogen (secondary N) is 1. The van der Waals surface area contributed by atoms with Gasteiger partial charge in [-0.15, -0.1) is 0 Å². The number of hydrogen-bond donors (Lipinski definition) is 2. The summed E-state index contributed by atoms with van der Waals surface area (Å²) >= 11 is 0. The molecular formula is C11H14FN3. The predicted octanol–water partition coefficient (Wildman–Crippen LogP) is 1.14. The number of benzene rings is 1. The van der Waals surface area contributed by atoms with Crippen molar-refractivity contribution in [3.8, 4) is 6.07 Å². The molecule has 0 aliphatic heterocycles. The average molecular weight is 207 g/mol. The van der Waals surface area contributed by atoms with Crippen LogP contribution in [0.15, 0.2) is 18.2 Å². The van der Waals surface area contributed by atoms with Crippen LogP contribution in [-0.2, 0) is 6.54 Å². The van der Waals surface area contributed by atoms with E-state index >= 15 is 0 Å². The van der Waals surface area contributed by atoms with Gasteiger partial charge in [0.2, 0.25) is 0 Å². The van der Waals surface area contributed by atoms with Gasteiger partial charge in [0, 0.05) is 12.1 Å². The van der Waals surface area contributed by atoms with Gasteiger partial charge in [-0.3, -0.25) is 0 Å². The molecule has 0 aromatic heterocycles. The average Bonchev–Trinajstić information content (AvgIpc) is 2.26. The van der Waals surface area contributed by atoms with Crippen LogP contribution in [0.3, 0.4) is 0 Å². The SMILES string of the molecule is N#Cc1ccc(F)c(CNCCCN)c1. The van der Waals surface area contributed by atoms with Crippen LogP contribution in [0.25, 0.3) is 0 Å². The Labute approximate surface area is 88.7 Å². The fourth-order valence-electron chi connectivity index (χ4n) is 1.23. The van der Waals surface area contributed by atoms with E-state index in [-0.39, 0.29) is 5.82 Å². The van der Waals surface area contributed by atoms with Crippen molar-refractivity contribution in [2.45, 2.75) is 13.0 Å². The monoisotopic (exact) mass is 207 g/mol. The summed E-state index contributed by atoms with van der Waals surface area (Å²) in [5.41, 5.74) is 6.32. The summed E-state index contributed by atoms with van der Waals surface area (Å²) in [7, 11) is 0. The molecule has 0 bridgehead atoms. The molecule has 3 N–H and O–H groups in total. The van der Waals surface area contributed by atoms with E-state index in [0.29, 0.717) is 24.2 Å². The second kappa shape index (κ2) is 6.12. The van der Waals surface area contributed by atoms with Crippen molar-refractivity contribution in [1.82, 2.24) is 5.32 Å². The van der Waals surface area contributed by atoms with Crippen LogP contribution in [0.2, 0.25) is 0 Å². The minimum atomic E-state index is -0.283. The molecule has 0 radical (unpaired) electrons. The number of nitrogens with two attached hydrogens (primary N) is 1. The van der Waals surface area contributed by atoms with Gasteiger partial charge in [0.15, 0.2) is 0 Å². The zero-order valence-electron chi connectivity index (χ0n) is 8.46. The van der Waals surface area contributed by atoms with E-state index in [1.807, 2.05) is 6.07 Å². The van der Waals surface area contributed by atoms with Gasteiger partial charge >= 0.3 is 0 Å². The molecule has 0 aliphatic carbocycles. The molecule has 0 aliphatic rings. The zero-order chi connectivity index (χ0) is 11.1. The Hall–Kier alpha value is -1.44. The minimum absolute atomic E-state index is 0.283. The van der Waals surface area contributed by atoms with Crippen LogP contribution >= 0.6 is 0 Å². The first kappa shape index (κ1) is 11.6. The van der Waals surface area contributed by atoms with E-state index < -0.39 is 0 Å². The lowest BCUT2D eigenvalue weighted by atomic mass is 10.1. The largest absolute Gasteiger partial charge is 0.330 e. The molecule has 0 atom stereocenters. The van der Waals surface area contributed by atoms with Gasteiger partial charge in [-0.2, -0.15) is 5.26 Å². The summed E-state index contributed by atoms with van der Waals surface area (Å²) in [5.74, 6) is -0.283. The molecule has 0 saturated heterocycles. The van der Waals surface area contributed by atoms with Gasteiger partial charge in [0.05, 0.1) is 11.6 Å². The van der Waals surface area contributed by atoms with Gasteiger partial charge in [0.25, 0.3) is 0 Å². The van der Waals surface area contributed by atoms with E-state index in [1.54, 1.807) is 6.07 Å². The fraction of sp³-hybridized carbons (Fsp3) is 0.364. The zero-order valence-corrected chi connectivity index (χ0v) is 8.46. The summed E-state index contributed by atoms with van der Waals surface area (Å²) in [5, 5.41) is 11.7. The smallest absolute Gasteiger partial charge is 0.127 e. The van der Waals surface area contributed by atoms with Crippen molar-refractivity contribution in [3.05, 3.63) is 35.1 Å². The fourth-order valence-corrected chi connectivity index (χ4v) is 1.23. The van der Waals surface area contributed by atoms with Crippen molar-refractivity contribution in [3.63, 3.8) is 0 Å². The first-order valence-electron chi connectivity index (χ1n) is 4.87. The quantitative estimate of drug-likeness (QED) is 0.712. The maximum Gasteiger partial charge on any atom is 0.127 e. The highest BCUT2D eigenvalue weighted by Crippen LogP contribution is 2.09. The molecule has 1 rings (SSSR count). The molecule has 1 aromatic carbocycles. The maximum absolute atomic E-state index is 13.2. The first-order chi connectivity index (χ1) is 7.27. The number of nitriles is 1. The van der Waals surface area contributed by atoms with Gasteiger partial charge in [-0.25, -0.2) is 4.39 Å². The summed E-state index contributed by atoms with van der Waals surface area (Å²) in [6, 6.07) is 6.33. The Morgan fingerprint density at radius 2 is 2.27 bits per heavy atom. The molecule has 1 aromatic rings. The van der Waals surface area contributed by atoms with Crippen LogP contribution in [0, 0.1) is 17.1 Å². The Balaban J connectivity index is 2.56. The molecule has 0 saturated carbocycles. The van der Waals surface area contributed by atoms with Gasteiger partial charge in [0.1, 0.15) is 5.82 Å². The van der Waals surface area contributed by atoms with Crippen molar-refractivity contribution in [1.29, 1.82) is 5.26 Å². The van der Waals surface area contributed by atoms with E-state index in [4.69, 9.17) is 11.0 Å². The van der Waals surface area contributed by atoms with Gasteiger partial charge in [-0.1, -0.05) is 0 Å². The maximum atomic E-state index is 13.2. The summed E-state index contributed by atoms with van der Waals surface area (Å²) in [6.45, 7) is 1.81. The molecule has 0 amide bonds. The third-order valence-corrected chi connectivity index (χ3v) is 2.05. The summed E-state index contributed by atoms with van der Waals surface area (Å²) < 4.78 is 13.2. The molecule has 4 heteroatoms. The van der Waals surface area contributed by atoms with Gasteiger partial charge < -0.3 is 11.1 Å². The number of nitrogens with zero attached hydrogens (tertiary/aromatic N) is 1.